The minimum absolute atomic E-state index is 0.164. The standard InChI is InChI=1S/C17H25NO6/c1-12(19)24-11-13-9-15(22-5)16(10-14(13)18(20)21)23-8-6-7-17(2,3)4/h9-10H,6-8,11H2,1-5H3. The van der Waals surface area contributed by atoms with E-state index in [-0.39, 0.29) is 23.3 Å². The summed E-state index contributed by atoms with van der Waals surface area (Å²) in [6, 6.07) is 2.79. The molecular weight excluding hydrogens is 314 g/mol. The van der Waals surface area contributed by atoms with Crippen LogP contribution in [0.1, 0.15) is 46.1 Å². The number of hydrogen-bond donors (Lipinski definition) is 0. The van der Waals surface area contributed by atoms with Gasteiger partial charge in [0.1, 0.15) is 6.61 Å². The lowest BCUT2D eigenvalue weighted by atomic mass is 9.91. The number of nitro groups is 1. The Bertz CT molecular complexity index is 591. The number of rotatable bonds is 8. The highest BCUT2D eigenvalue weighted by molar-refractivity contribution is 5.66. The van der Waals surface area contributed by atoms with Crippen molar-refractivity contribution < 1.29 is 23.9 Å². The van der Waals surface area contributed by atoms with E-state index in [1.54, 1.807) is 0 Å². The number of esters is 1. The predicted octanol–water partition coefficient (Wildman–Crippen LogP) is 3.87. The smallest absolute Gasteiger partial charge is 0.302 e. The largest absolute Gasteiger partial charge is 0.493 e. The van der Waals surface area contributed by atoms with Crippen LogP contribution >= 0.6 is 0 Å². The zero-order valence-corrected chi connectivity index (χ0v) is 14.9. The third-order valence-corrected chi connectivity index (χ3v) is 3.32. The Kier molecular flexibility index (Phi) is 7.00. The van der Waals surface area contributed by atoms with E-state index in [4.69, 9.17) is 14.2 Å². The molecule has 0 aromatic heterocycles. The minimum Gasteiger partial charge on any atom is -0.493 e. The van der Waals surface area contributed by atoms with Gasteiger partial charge in [-0.05, 0) is 24.3 Å². The Balaban J connectivity index is 2.93. The van der Waals surface area contributed by atoms with E-state index in [1.165, 1.54) is 26.2 Å². The quantitative estimate of drug-likeness (QED) is 0.309. The van der Waals surface area contributed by atoms with E-state index in [0.29, 0.717) is 18.1 Å². The second-order valence-corrected chi connectivity index (χ2v) is 6.68. The van der Waals surface area contributed by atoms with Gasteiger partial charge in [-0.2, -0.15) is 0 Å². The molecule has 0 heterocycles. The second kappa shape index (κ2) is 8.52. The molecule has 0 aliphatic heterocycles. The maximum atomic E-state index is 11.2. The molecule has 0 aliphatic rings. The van der Waals surface area contributed by atoms with Gasteiger partial charge in [-0.1, -0.05) is 20.8 Å². The molecule has 7 heteroatoms. The lowest BCUT2D eigenvalue weighted by Gasteiger charge is -2.18. The molecule has 0 spiro atoms. The summed E-state index contributed by atoms with van der Waals surface area (Å²) < 4.78 is 15.7. The van der Waals surface area contributed by atoms with Crippen molar-refractivity contribution in [2.75, 3.05) is 13.7 Å². The number of benzene rings is 1. The first-order chi connectivity index (χ1) is 11.1. The third-order valence-electron chi connectivity index (χ3n) is 3.32. The van der Waals surface area contributed by atoms with Gasteiger partial charge in [0.15, 0.2) is 11.5 Å². The van der Waals surface area contributed by atoms with Crippen LogP contribution in [0.4, 0.5) is 5.69 Å². The van der Waals surface area contributed by atoms with Gasteiger partial charge >= 0.3 is 5.97 Å². The Morgan fingerprint density at radius 3 is 2.42 bits per heavy atom. The van der Waals surface area contributed by atoms with Crippen molar-refractivity contribution in [1.82, 2.24) is 0 Å². The molecule has 0 unspecified atom stereocenters. The van der Waals surface area contributed by atoms with E-state index in [2.05, 4.69) is 20.8 Å². The zero-order chi connectivity index (χ0) is 18.3. The van der Waals surface area contributed by atoms with Gasteiger partial charge in [0, 0.05) is 6.92 Å². The SMILES string of the molecule is COc1cc(COC(C)=O)c([N+](=O)[O-])cc1OCCCC(C)(C)C. The average Bonchev–Trinajstić information content (AvgIpc) is 2.48. The highest BCUT2D eigenvalue weighted by atomic mass is 16.6. The van der Waals surface area contributed by atoms with E-state index < -0.39 is 10.9 Å². The van der Waals surface area contributed by atoms with Gasteiger partial charge < -0.3 is 14.2 Å². The maximum absolute atomic E-state index is 11.2. The van der Waals surface area contributed by atoms with Gasteiger partial charge in [-0.3, -0.25) is 14.9 Å². The lowest BCUT2D eigenvalue weighted by molar-refractivity contribution is -0.385. The molecule has 1 rings (SSSR count). The monoisotopic (exact) mass is 339 g/mol. The molecule has 0 saturated heterocycles. The molecule has 0 saturated carbocycles. The predicted molar refractivity (Wildman–Crippen MR) is 89.3 cm³/mol. The molecular formula is C17H25NO6. The van der Waals surface area contributed by atoms with Crippen LogP contribution in [0.3, 0.4) is 0 Å². The molecule has 1 aromatic carbocycles. The fraction of sp³-hybridized carbons (Fsp3) is 0.588. The number of carbonyl (C=O) groups is 1. The van der Waals surface area contributed by atoms with Gasteiger partial charge in [0.2, 0.25) is 0 Å². The fourth-order valence-corrected chi connectivity index (χ4v) is 2.11. The molecule has 0 bridgehead atoms. The van der Waals surface area contributed by atoms with Gasteiger partial charge in [0.25, 0.3) is 5.69 Å². The number of nitro benzene ring substituents is 1. The summed E-state index contributed by atoms with van der Waals surface area (Å²) in [7, 11) is 1.46. The van der Waals surface area contributed by atoms with Crippen molar-refractivity contribution >= 4 is 11.7 Å². The Morgan fingerprint density at radius 2 is 1.92 bits per heavy atom. The topological polar surface area (TPSA) is 87.9 Å². The number of hydrogen-bond acceptors (Lipinski definition) is 6. The van der Waals surface area contributed by atoms with Crippen LogP contribution in [0.5, 0.6) is 11.5 Å². The molecule has 0 fully saturated rings. The highest BCUT2D eigenvalue weighted by Crippen LogP contribution is 2.35. The highest BCUT2D eigenvalue weighted by Gasteiger charge is 2.21. The molecule has 134 valence electrons. The first kappa shape index (κ1) is 19.7. The number of ether oxygens (including phenoxy) is 3. The molecule has 0 radical (unpaired) electrons. The van der Waals surface area contributed by atoms with Crippen LogP contribution in [-0.2, 0) is 16.1 Å². The lowest BCUT2D eigenvalue weighted by Crippen LogP contribution is -2.09. The molecule has 0 N–H and O–H groups in total. The third kappa shape index (κ3) is 6.44. The molecule has 0 aliphatic carbocycles. The fourth-order valence-electron chi connectivity index (χ4n) is 2.11. The van der Waals surface area contributed by atoms with E-state index >= 15 is 0 Å². The summed E-state index contributed by atoms with van der Waals surface area (Å²) >= 11 is 0. The number of nitrogens with zero attached hydrogens (tertiary/aromatic N) is 1. The van der Waals surface area contributed by atoms with E-state index in [9.17, 15) is 14.9 Å². The molecule has 24 heavy (non-hydrogen) atoms. The summed E-state index contributed by atoms with van der Waals surface area (Å²) in [6.45, 7) is 7.92. The van der Waals surface area contributed by atoms with Gasteiger partial charge in [-0.15, -0.1) is 0 Å². The molecule has 1 aromatic rings. The Hall–Kier alpha value is -2.31. The van der Waals surface area contributed by atoms with Gasteiger partial charge in [0.05, 0.1) is 30.3 Å². The van der Waals surface area contributed by atoms with Crippen molar-refractivity contribution in [1.29, 1.82) is 0 Å². The average molecular weight is 339 g/mol. The first-order valence-electron chi connectivity index (χ1n) is 7.75. The number of carbonyl (C=O) groups excluding carboxylic acids is 1. The summed E-state index contributed by atoms with van der Waals surface area (Å²) in [5, 5.41) is 11.2. The summed E-state index contributed by atoms with van der Waals surface area (Å²) in [5.74, 6) is 0.175. The molecule has 7 nitrogen and oxygen atoms in total. The zero-order valence-electron chi connectivity index (χ0n) is 14.9. The summed E-state index contributed by atoms with van der Waals surface area (Å²) in [4.78, 5) is 21.6. The van der Waals surface area contributed by atoms with E-state index in [0.717, 1.165) is 12.8 Å². The van der Waals surface area contributed by atoms with Crippen LogP contribution < -0.4 is 9.47 Å². The maximum Gasteiger partial charge on any atom is 0.302 e. The summed E-state index contributed by atoms with van der Waals surface area (Å²) in [5.41, 5.74) is 0.296. The Labute approximate surface area is 142 Å². The molecule has 0 atom stereocenters. The minimum atomic E-state index is -0.527. The Morgan fingerprint density at radius 1 is 1.25 bits per heavy atom. The van der Waals surface area contributed by atoms with Crippen molar-refractivity contribution in [3.8, 4) is 11.5 Å². The van der Waals surface area contributed by atoms with Crippen LogP contribution in [0.2, 0.25) is 0 Å². The van der Waals surface area contributed by atoms with Crippen molar-refractivity contribution in [3.63, 3.8) is 0 Å². The molecule has 0 amide bonds. The van der Waals surface area contributed by atoms with Gasteiger partial charge in [-0.25, -0.2) is 0 Å². The van der Waals surface area contributed by atoms with Crippen LogP contribution in [0.25, 0.3) is 0 Å². The van der Waals surface area contributed by atoms with Crippen LogP contribution in [-0.4, -0.2) is 24.6 Å². The van der Waals surface area contributed by atoms with E-state index in [1.807, 2.05) is 0 Å². The normalized spacial score (nSPS) is 11.0. The van der Waals surface area contributed by atoms with Crippen LogP contribution in [0, 0.1) is 15.5 Å². The van der Waals surface area contributed by atoms with Crippen molar-refractivity contribution in [2.45, 2.75) is 47.1 Å². The van der Waals surface area contributed by atoms with Crippen molar-refractivity contribution in [3.05, 3.63) is 27.8 Å². The first-order valence-corrected chi connectivity index (χ1v) is 7.75. The number of methoxy groups -OCH3 is 1. The second-order valence-electron chi connectivity index (χ2n) is 6.68. The van der Waals surface area contributed by atoms with Crippen molar-refractivity contribution in [2.24, 2.45) is 5.41 Å². The summed E-state index contributed by atoms with van der Waals surface area (Å²) in [6.07, 6.45) is 1.80. The van der Waals surface area contributed by atoms with Crippen LogP contribution in [0.15, 0.2) is 12.1 Å².